The minimum absolute atomic E-state index is 0.00418. The van der Waals surface area contributed by atoms with Gasteiger partial charge in [-0.3, -0.25) is 4.79 Å². The Hall–Kier alpha value is -2.45. The van der Waals surface area contributed by atoms with Crippen molar-refractivity contribution in [1.82, 2.24) is 9.62 Å². The van der Waals surface area contributed by atoms with Crippen molar-refractivity contribution in [3.63, 3.8) is 0 Å². The summed E-state index contributed by atoms with van der Waals surface area (Å²) in [5.41, 5.74) is 1.37. The molecule has 0 saturated heterocycles. The Morgan fingerprint density at radius 3 is 1.94 bits per heavy atom. The van der Waals surface area contributed by atoms with Gasteiger partial charge in [-0.25, -0.2) is 12.8 Å². The number of sulfonamides is 1. The van der Waals surface area contributed by atoms with Crippen molar-refractivity contribution in [2.24, 2.45) is 0 Å². The quantitative estimate of drug-likeness (QED) is 0.510. The van der Waals surface area contributed by atoms with E-state index in [0.29, 0.717) is 15.6 Å². The van der Waals surface area contributed by atoms with Gasteiger partial charge in [-0.15, -0.1) is 0 Å². The fourth-order valence-corrected chi connectivity index (χ4v) is 4.43. The van der Waals surface area contributed by atoms with Crippen molar-refractivity contribution < 1.29 is 17.6 Å². The molecule has 31 heavy (non-hydrogen) atoms. The van der Waals surface area contributed by atoms with Crippen LogP contribution in [0.25, 0.3) is 0 Å². The second-order valence-corrected chi connectivity index (χ2v) is 9.57. The number of benzene rings is 3. The number of hydrogen-bond donors (Lipinski definition) is 1. The Kier molecular flexibility index (Phi) is 7.67. The highest BCUT2D eigenvalue weighted by Gasteiger charge is 2.27. The third-order valence-corrected chi connectivity index (χ3v) is 6.76. The highest BCUT2D eigenvalue weighted by molar-refractivity contribution is 7.89. The first-order valence-corrected chi connectivity index (χ1v) is 11.4. The minimum Gasteiger partial charge on any atom is -0.351 e. The van der Waals surface area contributed by atoms with Gasteiger partial charge in [-0.2, -0.15) is 4.31 Å². The molecule has 5 nitrogen and oxygen atoms in total. The lowest BCUT2D eigenvalue weighted by Crippen LogP contribution is -2.40. The molecular weight excluding hydrogens is 462 g/mol. The van der Waals surface area contributed by atoms with Crippen LogP contribution in [-0.4, -0.2) is 25.2 Å². The van der Waals surface area contributed by atoms with E-state index < -0.39 is 28.3 Å². The Morgan fingerprint density at radius 1 is 0.839 bits per heavy atom. The molecule has 0 spiro atoms. The molecule has 162 valence electrons. The molecule has 1 amide bonds. The van der Waals surface area contributed by atoms with Gasteiger partial charge in [0.15, 0.2) is 0 Å². The largest absolute Gasteiger partial charge is 0.351 e. The minimum atomic E-state index is -4.01. The maximum absolute atomic E-state index is 13.2. The lowest BCUT2D eigenvalue weighted by Gasteiger charge is -2.22. The van der Waals surface area contributed by atoms with Gasteiger partial charge in [0.05, 0.1) is 11.4 Å². The van der Waals surface area contributed by atoms with E-state index in [0.717, 1.165) is 9.87 Å². The molecule has 0 bridgehead atoms. The third kappa shape index (κ3) is 6.51. The molecule has 9 heteroatoms. The van der Waals surface area contributed by atoms with E-state index >= 15 is 0 Å². The van der Waals surface area contributed by atoms with Gasteiger partial charge in [0.25, 0.3) is 0 Å². The average Bonchev–Trinajstić information content (AvgIpc) is 2.74. The maximum atomic E-state index is 13.2. The van der Waals surface area contributed by atoms with Crippen molar-refractivity contribution in [3.05, 3.63) is 99.8 Å². The fraction of sp³-hybridized carbons (Fsp3) is 0.136. The Bertz CT molecular complexity index is 1140. The molecule has 0 heterocycles. The number of nitrogens with zero attached hydrogens (tertiary/aromatic N) is 1. The Labute approximate surface area is 190 Å². The first-order chi connectivity index (χ1) is 14.7. The molecule has 0 saturated carbocycles. The summed E-state index contributed by atoms with van der Waals surface area (Å²) in [6.07, 6.45) is 0. The monoisotopic (exact) mass is 480 g/mol. The van der Waals surface area contributed by atoms with E-state index in [1.165, 1.54) is 48.5 Å². The summed E-state index contributed by atoms with van der Waals surface area (Å²) in [4.78, 5) is 12.5. The third-order valence-electron chi connectivity index (χ3n) is 4.45. The van der Waals surface area contributed by atoms with Gasteiger partial charge in [0.1, 0.15) is 5.82 Å². The summed E-state index contributed by atoms with van der Waals surface area (Å²) < 4.78 is 40.6. The molecule has 1 N–H and O–H groups in total. The lowest BCUT2D eigenvalue weighted by molar-refractivity contribution is -0.121. The van der Waals surface area contributed by atoms with Crippen LogP contribution < -0.4 is 5.32 Å². The molecule has 3 aromatic carbocycles. The van der Waals surface area contributed by atoms with E-state index in [-0.39, 0.29) is 18.0 Å². The molecule has 3 aromatic rings. The second kappa shape index (κ2) is 10.2. The lowest BCUT2D eigenvalue weighted by atomic mass is 10.2. The highest BCUT2D eigenvalue weighted by Crippen LogP contribution is 2.21. The van der Waals surface area contributed by atoms with Gasteiger partial charge in [-0.1, -0.05) is 47.5 Å². The number of rotatable bonds is 8. The van der Waals surface area contributed by atoms with Crippen LogP contribution in [0.2, 0.25) is 10.0 Å². The van der Waals surface area contributed by atoms with Crippen LogP contribution in [0.15, 0.2) is 77.7 Å². The Balaban J connectivity index is 1.79. The number of halogens is 3. The van der Waals surface area contributed by atoms with Crippen molar-refractivity contribution >= 4 is 39.1 Å². The molecule has 0 fully saturated rings. The zero-order valence-electron chi connectivity index (χ0n) is 16.3. The van der Waals surface area contributed by atoms with Gasteiger partial charge < -0.3 is 5.32 Å². The van der Waals surface area contributed by atoms with Crippen molar-refractivity contribution in [2.45, 2.75) is 18.0 Å². The van der Waals surface area contributed by atoms with Crippen LogP contribution in [0.5, 0.6) is 0 Å². The van der Waals surface area contributed by atoms with E-state index in [1.54, 1.807) is 24.3 Å². The molecule has 0 radical (unpaired) electrons. The first kappa shape index (κ1) is 23.2. The van der Waals surface area contributed by atoms with E-state index in [4.69, 9.17) is 23.2 Å². The van der Waals surface area contributed by atoms with Crippen molar-refractivity contribution in [2.75, 3.05) is 6.54 Å². The standard InChI is InChI=1S/C22H19Cl2FN2O3S/c23-18-5-1-16(2-6-18)13-26-22(28)15-27(14-17-3-9-20(25)10-4-17)31(29,30)21-11-7-19(24)8-12-21/h1-12H,13-15H2,(H,26,28). The number of nitrogens with one attached hydrogen (secondary N) is 1. The maximum Gasteiger partial charge on any atom is 0.243 e. The molecule has 0 atom stereocenters. The Morgan fingerprint density at radius 2 is 1.35 bits per heavy atom. The van der Waals surface area contributed by atoms with Crippen LogP contribution in [0.1, 0.15) is 11.1 Å². The molecule has 0 aromatic heterocycles. The molecule has 0 aliphatic rings. The summed E-state index contributed by atoms with van der Waals surface area (Å²) in [7, 11) is -4.01. The van der Waals surface area contributed by atoms with Gasteiger partial charge in [0.2, 0.25) is 15.9 Å². The topological polar surface area (TPSA) is 66.5 Å². The number of amides is 1. The van der Waals surface area contributed by atoms with Gasteiger partial charge in [-0.05, 0) is 59.7 Å². The smallest absolute Gasteiger partial charge is 0.243 e. The normalized spacial score (nSPS) is 11.5. The summed E-state index contributed by atoms with van der Waals surface area (Å²) in [5.74, 6) is -0.911. The number of carbonyl (C=O) groups is 1. The van der Waals surface area contributed by atoms with Crippen LogP contribution in [0.4, 0.5) is 4.39 Å². The summed E-state index contributed by atoms with van der Waals surface area (Å²) in [5, 5.41) is 3.68. The second-order valence-electron chi connectivity index (χ2n) is 6.76. The van der Waals surface area contributed by atoms with Crippen LogP contribution >= 0.6 is 23.2 Å². The van der Waals surface area contributed by atoms with E-state index in [2.05, 4.69) is 5.32 Å². The highest BCUT2D eigenvalue weighted by atomic mass is 35.5. The number of hydrogen-bond acceptors (Lipinski definition) is 3. The fourth-order valence-electron chi connectivity index (χ4n) is 2.79. The summed E-state index contributed by atoms with van der Waals surface area (Å²) >= 11 is 11.7. The van der Waals surface area contributed by atoms with E-state index in [9.17, 15) is 17.6 Å². The zero-order chi connectivity index (χ0) is 22.4. The molecule has 0 aliphatic heterocycles. The molecular formula is C22H19Cl2FN2O3S. The average molecular weight is 481 g/mol. The predicted molar refractivity (Wildman–Crippen MR) is 119 cm³/mol. The number of carbonyl (C=O) groups excluding carboxylic acids is 1. The molecule has 3 rings (SSSR count). The first-order valence-electron chi connectivity index (χ1n) is 9.25. The predicted octanol–water partition coefficient (Wildman–Crippen LogP) is 4.64. The van der Waals surface area contributed by atoms with Crippen LogP contribution in [0.3, 0.4) is 0 Å². The summed E-state index contributed by atoms with van der Waals surface area (Å²) in [6.45, 7) is -0.281. The summed E-state index contributed by atoms with van der Waals surface area (Å²) in [6, 6.07) is 18.1. The van der Waals surface area contributed by atoms with Crippen LogP contribution in [0, 0.1) is 5.82 Å². The van der Waals surface area contributed by atoms with Gasteiger partial charge >= 0.3 is 0 Å². The van der Waals surface area contributed by atoms with E-state index in [1.807, 2.05) is 0 Å². The molecule has 0 aliphatic carbocycles. The van der Waals surface area contributed by atoms with Crippen molar-refractivity contribution in [1.29, 1.82) is 0 Å². The SMILES string of the molecule is O=C(CN(Cc1ccc(F)cc1)S(=O)(=O)c1ccc(Cl)cc1)NCc1ccc(Cl)cc1. The molecule has 0 unspecified atom stereocenters. The van der Waals surface area contributed by atoms with Crippen molar-refractivity contribution in [3.8, 4) is 0 Å². The van der Waals surface area contributed by atoms with Gasteiger partial charge in [0, 0.05) is 23.1 Å². The zero-order valence-corrected chi connectivity index (χ0v) is 18.6. The van der Waals surface area contributed by atoms with Crippen LogP contribution in [-0.2, 0) is 27.9 Å².